The highest BCUT2D eigenvalue weighted by molar-refractivity contribution is 7.89. The Balaban J connectivity index is 1.52. The summed E-state index contributed by atoms with van der Waals surface area (Å²) in [4.78, 5) is 2.17. The third-order valence-corrected chi connectivity index (χ3v) is 6.14. The maximum atomic E-state index is 12.1. The van der Waals surface area contributed by atoms with Gasteiger partial charge in [-0.05, 0) is 24.3 Å². The molecule has 0 radical (unpaired) electrons. The van der Waals surface area contributed by atoms with Gasteiger partial charge in [0.2, 0.25) is 10.0 Å². The zero-order valence-corrected chi connectivity index (χ0v) is 14.2. The van der Waals surface area contributed by atoms with Gasteiger partial charge in [-0.2, -0.15) is 0 Å². The molecule has 6 heteroatoms. The second-order valence-corrected chi connectivity index (χ2v) is 8.78. The van der Waals surface area contributed by atoms with Crippen molar-refractivity contribution in [2.45, 2.75) is 44.4 Å². The van der Waals surface area contributed by atoms with E-state index in [9.17, 15) is 13.5 Å². The van der Waals surface area contributed by atoms with Crippen LogP contribution >= 0.6 is 0 Å². The van der Waals surface area contributed by atoms with Gasteiger partial charge < -0.3 is 5.11 Å². The minimum absolute atomic E-state index is 0.0564. The molecule has 1 saturated carbocycles. The number of aliphatic hydroxyl groups is 1. The van der Waals surface area contributed by atoms with E-state index >= 15 is 0 Å². The van der Waals surface area contributed by atoms with Crippen LogP contribution in [0.25, 0.3) is 0 Å². The molecule has 3 rings (SSSR count). The van der Waals surface area contributed by atoms with Crippen LogP contribution in [-0.4, -0.2) is 49.4 Å². The average molecular weight is 338 g/mol. The Bertz CT molecular complexity index is 602. The average Bonchev–Trinajstić information content (AvgIpc) is 3.28. The van der Waals surface area contributed by atoms with E-state index < -0.39 is 10.0 Å². The molecule has 1 aliphatic heterocycles. The number of likely N-dealkylation sites (tertiary alicyclic amines) is 1. The molecular weight excluding hydrogens is 312 g/mol. The van der Waals surface area contributed by atoms with Gasteiger partial charge in [0, 0.05) is 25.7 Å². The van der Waals surface area contributed by atoms with Crippen molar-refractivity contribution in [2.24, 2.45) is 5.92 Å². The summed E-state index contributed by atoms with van der Waals surface area (Å²) < 4.78 is 26.9. The first-order chi connectivity index (χ1) is 11.0. The van der Waals surface area contributed by atoms with Crippen LogP contribution in [-0.2, 0) is 16.6 Å². The molecule has 23 heavy (non-hydrogen) atoms. The van der Waals surface area contributed by atoms with E-state index in [1.807, 2.05) is 18.2 Å². The van der Waals surface area contributed by atoms with Crippen molar-refractivity contribution in [3.05, 3.63) is 35.9 Å². The molecule has 5 nitrogen and oxygen atoms in total. The minimum Gasteiger partial charge on any atom is -0.392 e. The van der Waals surface area contributed by atoms with Crippen LogP contribution in [0.4, 0.5) is 0 Å². The summed E-state index contributed by atoms with van der Waals surface area (Å²) >= 11 is 0. The van der Waals surface area contributed by atoms with Crippen molar-refractivity contribution >= 4 is 10.0 Å². The molecule has 1 saturated heterocycles. The number of nitrogens with zero attached hydrogens (tertiary/aromatic N) is 1. The number of β-amino-alcohol motifs (C(OH)–C–C–N with tert-alkyl or cyclic N) is 1. The zero-order chi connectivity index (χ0) is 16.3. The summed E-state index contributed by atoms with van der Waals surface area (Å²) in [6.45, 7) is 1.73. The molecule has 1 heterocycles. The Hall–Kier alpha value is -0.950. The maximum absolute atomic E-state index is 12.1. The molecule has 2 N–H and O–H groups in total. The van der Waals surface area contributed by atoms with Crippen LogP contribution in [0.1, 0.15) is 31.2 Å². The molecule has 0 spiro atoms. The highest BCUT2D eigenvalue weighted by atomic mass is 32.2. The van der Waals surface area contributed by atoms with E-state index in [1.54, 1.807) is 0 Å². The third kappa shape index (κ3) is 5.28. The molecule has 2 aliphatic rings. The van der Waals surface area contributed by atoms with Gasteiger partial charge in [0.15, 0.2) is 0 Å². The first-order valence-electron chi connectivity index (χ1n) is 8.45. The smallest absolute Gasteiger partial charge is 0.211 e. The number of nitrogens with one attached hydrogen (secondary N) is 1. The fraction of sp³-hybridized carbons (Fsp3) is 0.647. The predicted molar refractivity (Wildman–Crippen MR) is 90.4 cm³/mol. The van der Waals surface area contributed by atoms with Crippen LogP contribution in [0, 0.1) is 5.92 Å². The molecule has 1 aromatic carbocycles. The summed E-state index contributed by atoms with van der Waals surface area (Å²) in [7, 11) is -3.20. The molecule has 2 unspecified atom stereocenters. The Morgan fingerprint density at radius 3 is 2.65 bits per heavy atom. The highest BCUT2D eigenvalue weighted by Crippen LogP contribution is 2.32. The molecule has 1 aromatic rings. The topological polar surface area (TPSA) is 69.6 Å². The fourth-order valence-electron chi connectivity index (χ4n) is 3.21. The monoisotopic (exact) mass is 338 g/mol. The normalized spacial score (nSPS) is 25.8. The van der Waals surface area contributed by atoms with Crippen molar-refractivity contribution in [3.8, 4) is 0 Å². The lowest BCUT2D eigenvalue weighted by Crippen LogP contribution is -2.40. The van der Waals surface area contributed by atoms with Crippen molar-refractivity contribution in [3.63, 3.8) is 0 Å². The van der Waals surface area contributed by atoms with Gasteiger partial charge in [-0.25, -0.2) is 13.1 Å². The lowest BCUT2D eigenvalue weighted by atomic mass is 10.2. The second-order valence-electron chi connectivity index (χ2n) is 6.86. The van der Waals surface area contributed by atoms with E-state index in [2.05, 4.69) is 21.8 Å². The first kappa shape index (κ1) is 16.9. The van der Waals surface area contributed by atoms with Crippen LogP contribution < -0.4 is 4.72 Å². The van der Waals surface area contributed by atoms with Gasteiger partial charge in [-0.1, -0.05) is 43.2 Å². The SMILES string of the molecule is O=S(=O)(CCC1CC1)NCC1CC(O)CN1Cc1ccccc1. The van der Waals surface area contributed by atoms with E-state index in [0.717, 1.165) is 13.0 Å². The van der Waals surface area contributed by atoms with E-state index in [4.69, 9.17) is 0 Å². The molecule has 2 fully saturated rings. The van der Waals surface area contributed by atoms with Crippen LogP contribution in [0.5, 0.6) is 0 Å². The Morgan fingerprint density at radius 1 is 1.22 bits per heavy atom. The number of rotatable bonds is 8. The minimum atomic E-state index is -3.20. The second kappa shape index (κ2) is 7.30. The van der Waals surface area contributed by atoms with Gasteiger partial charge in [0.05, 0.1) is 11.9 Å². The van der Waals surface area contributed by atoms with Crippen LogP contribution in [0.2, 0.25) is 0 Å². The van der Waals surface area contributed by atoms with Gasteiger partial charge >= 0.3 is 0 Å². The standard InChI is InChI=1S/C17H26N2O3S/c20-17-10-16(11-18-23(21,22)9-8-14-6-7-14)19(13-17)12-15-4-2-1-3-5-15/h1-5,14,16-18,20H,6-13H2. The molecule has 0 aromatic heterocycles. The largest absolute Gasteiger partial charge is 0.392 e. The number of aliphatic hydroxyl groups excluding tert-OH is 1. The maximum Gasteiger partial charge on any atom is 0.211 e. The van der Waals surface area contributed by atoms with Crippen molar-refractivity contribution in [1.29, 1.82) is 0 Å². The molecule has 2 atom stereocenters. The van der Waals surface area contributed by atoms with Crippen molar-refractivity contribution in [2.75, 3.05) is 18.8 Å². The summed E-state index contributed by atoms with van der Waals surface area (Å²) in [5, 5.41) is 9.94. The van der Waals surface area contributed by atoms with Crippen LogP contribution in [0.15, 0.2) is 30.3 Å². The summed E-state index contributed by atoms with van der Waals surface area (Å²) in [6, 6.07) is 10.1. The lowest BCUT2D eigenvalue weighted by Gasteiger charge is -2.24. The van der Waals surface area contributed by atoms with Gasteiger partial charge in [0.25, 0.3) is 0 Å². The first-order valence-corrected chi connectivity index (χ1v) is 10.1. The van der Waals surface area contributed by atoms with Crippen molar-refractivity contribution in [1.82, 2.24) is 9.62 Å². The highest BCUT2D eigenvalue weighted by Gasteiger charge is 2.32. The summed E-state index contributed by atoms with van der Waals surface area (Å²) in [5.74, 6) is 0.848. The van der Waals surface area contributed by atoms with Gasteiger partial charge in [0.1, 0.15) is 0 Å². The van der Waals surface area contributed by atoms with Gasteiger partial charge in [-0.15, -0.1) is 0 Å². The Morgan fingerprint density at radius 2 is 1.96 bits per heavy atom. The number of sulfonamides is 1. The van der Waals surface area contributed by atoms with Crippen molar-refractivity contribution < 1.29 is 13.5 Å². The summed E-state index contributed by atoms with van der Waals surface area (Å²) in [6.07, 6.45) is 3.37. The van der Waals surface area contributed by atoms with Crippen LogP contribution in [0.3, 0.4) is 0 Å². The Kier molecular flexibility index (Phi) is 5.36. The Labute approximate surface area is 138 Å². The number of hydrogen-bond acceptors (Lipinski definition) is 4. The number of hydrogen-bond donors (Lipinski definition) is 2. The zero-order valence-electron chi connectivity index (χ0n) is 13.4. The van der Waals surface area contributed by atoms with E-state index in [1.165, 1.54) is 18.4 Å². The lowest BCUT2D eigenvalue weighted by molar-refractivity contribution is 0.172. The molecule has 1 aliphatic carbocycles. The fourth-order valence-corrected chi connectivity index (χ4v) is 4.44. The quantitative estimate of drug-likeness (QED) is 0.750. The third-order valence-electron chi connectivity index (χ3n) is 4.76. The van der Waals surface area contributed by atoms with Gasteiger partial charge in [-0.3, -0.25) is 4.90 Å². The molecule has 128 valence electrons. The summed E-state index contributed by atoms with van der Waals surface area (Å²) in [5.41, 5.74) is 1.18. The predicted octanol–water partition coefficient (Wildman–Crippen LogP) is 1.34. The van der Waals surface area contributed by atoms with E-state index in [-0.39, 0.29) is 17.9 Å². The van der Waals surface area contributed by atoms with E-state index in [0.29, 0.717) is 25.4 Å². The molecule has 0 amide bonds. The molecular formula is C17H26N2O3S. The number of benzene rings is 1. The molecule has 0 bridgehead atoms.